The van der Waals surface area contributed by atoms with E-state index in [1.807, 2.05) is 38.2 Å². The molecule has 0 aliphatic carbocycles. The number of carbonyl (C=O) groups excluding carboxylic acids is 1. The summed E-state index contributed by atoms with van der Waals surface area (Å²) in [5, 5.41) is 3.43. The molecule has 0 aromatic carbocycles. The Kier molecular flexibility index (Phi) is 4.26. The van der Waals surface area contributed by atoms with Gasteiger partial charge in [0.05, 0.1) is 29.3 Å². The molecule has 8 heteroatoms. The molecule has 5 heterocycles. The van der Waals surface area contributed by atoms with E-state index in [1.165, 1.54) is 0 Å². The van der Waals surface area contributed by atoms with Gasteiger partial charge in [-0.15, -0.1) is 0 Å². The lowest BCUT2D eigenvalue weighted by Gasteiger charge is -2.18. The number of nitrogens with one attached hydrogen (secondary N) is 1. The lowest BCUT2D eigenvalue weighted by atomic mass is 10.1. The second-order valence-corrected chi connectivity index (χ2v) is 7.66. The first-order chi connectivity index (χ1) is 14.1. The van der Waals surface area contributed by atoms with E-state index < -0.39 is 0 Å². The standard InChI is InChI=1S/C21H23N7O/c1-13-24-16-7-8-22-19-15-5-3-6-18(26-15)25-14-11-17(23-12-14)21(29)27(2)9-4-10-28(13)20(16)19/h3,5-8,14H,4,9-12H2,1-2H3,(H,25,26)/t14-/m0/s1. The quantitative estimate of drug-likeness (QED) is 0.637. The maximum absolute atomic E-state index is 12.7. The van der Waals surface area contributed by atoms with E-state index in [1.54, 1.807) is 11.1 Å². The van der Waals surface area contributed by atoms with Gasteiger partial charge < -0.3 is 14.8 Å². The average Bonchev–Trinajstić information content (AvgIpc) is 3.31. The van der Waals surface area contributed by atoms with Crippen molar-refractivity contribution < 1.29 is 4.79 Å². The lowest BCUT2D eigenvalue weighted by Crippen LogP contribution is -2.35. The topological polar surface area (TPSA) is 88.3 Å². The van der Waals surface area contributed by atoms with Crippen LogP contribution in [0.2, 0.25) is 0 Å². The molecule has 1 N–H and O–H groups in total. The summed E-state index contributed by atoms with van der Waals surface area (Å²) < 4.78 is 2.18. The van der Waals surface area contributed by atoms with Crippen molar-refractivity contribution in [3.05, 3.63) is 36.3 Å². The molecule has 0 radical (unpaired) electrons. The van der Waals surface area contributed by atoms with Gasteiger partial charge in [-0.1, -0.05) is 6.07 Å². The fraction of sp³-hybridized carbons (Fsp3) is 0.381. The molecule has 3 aromatic rings. The highest BCUT2D eigenvalue weighted by Crippen LogP contribution is 2.28. The van der Waals surface area contributed by atoms with Crippen molar-refractivity contribution in [2.75, 3.05) is 25.5 Å². The molecule has 2 aliphatic rings. The van der Waals surface area contributed by atoms with Gasteiger partial charge in [0.2, 0.25) is 0 Å². The fourth-order valence-corrected chi connectivity index (χ4v) is 4.14. The Morgan fingerprint density at radius 2 is 2.07 bits per heavy atom. The largest absolute Gasteiger partial charge is 0.365 e. The molecule has 5 rings (SSSR count). The number of fused-ring (bicyclic) bond motifs is 5. The third-order valence-corrected chi connectivity index (χ3v) is 5.60. The van der Waals surface area contributed by atoms with Crippen LogP contribution in [0.3, 0.4) is 0 Å². The van der Waals surface area contributed by atoms with Crippen molar-refractivity contribution in [3.8, 4) is 11.4 Å². The Balaban J connectivity index is 1.63. The molecule has 3 aromatic heterocycles. The van der Waals surface area contributed by atoms with Gasteiger partial charge in [0.1, 0.15) is 23.0 Å². The number of carbonyl (C=O) groups is 1. The van der Waals surface area contributed by atoms with Crippen molar-refractivity contribution in [1.29, 1.82) is 0 Å². The summed E-state index contributed by atoms with van der Waals surface area (Å²) in [5.41, 5.74) is 4.18. The molecule has 0 unspecified atom stereocenters. The third-order valence-electron chi connectivity index (χ3n) is 5.60. The van der Waals surface area contributed by atoms with Crippen molar-refractivity contribution in [1.82, 2.24) is 24.4 Å². The number of nitrogens with zero attached hydrogens (tertiary/aromatic N) is 6. The van der Waals surface area contributed by atoms with Gasteiger partial charge in [-0.3, -0.25) is 14.8 Å². The number of aromatic nitrogens is 4. The molecule has 8 nitrogen and oxygen atoms in total. The van der Waals surface area contributed by atoms with Gasteiger partial charge in [-0.25, -0.2) is 9.97 Å². The molecule has 148 valence electrons. The van der Waals surface area contributed by atoms with Crippen LogP contribution in [0.4, 0.5) is 5.82 Å². The summed E-state index contributed by atoms with van der Waals surface area (Å²) in [6, 6.07) is 7.91. The van der Waals surface area contributed by atoms with Gasteiger partial charge in [0.15, 0.2) is 0 Å². The number of hydrogen-bond acceptors (Lipinski definition) is 6. The average molecular weight is 389 g/mol. The van der Waals surface area contributed by atoms with E-state index in [-0.39, 0.29) is 11.9 Å². The fourth-order valence-electron chi connectivity index (χ4n) is 4.14. The molecule has 2 aliphatic heterocycles. The minimum Gasteiger partial charge on any atom is -0.365 e. The number of imidazole rings is 1. The summed E-state index contributed by atoms with van der Waals surface area (Å²) in [5.74, 6) is 1.71. The first-order valence-corrected chi connectivity index (χ1v) is 9.95. The normalized spacial score (nSPS) is 19.5. The number of pyridine rings is 2. The highest BCUT2D eigenvalue weighted by molar-refractivity contribution is 6.39. The zero-order valence-corrected chi connectivity index (χ0v) is 16.6. The summed E-state index contributed by atoms with van der Waals surface area (Å²) in [4.78, 5) is 33.2. The van der Waals surface area contributed by atoms with Crippen LogP contribution in [0.25, 0.3) is 22.4 Å². The second-order valence-electron chi connectivity index (χ2n) is 7.66. The van der Waals surface area contributed by atoms with E-state index in [2.05, 4.69) is 19.9 Å². The molecule has 0 fully saturated rings. The van der Waals surface area contributed by atoms with Crippen molar-refractivity contribution in [2.45, 2.75) is 32.4 Å². The second kappa shape index (κ2) is 6.95. The first kappa shape index (κ1) is 17.8. The number of aliphatic imine (C=N–C) groups is 1. The van der Waals surface area contributed by atoms with E-state index in [4.69, 9.17) is 9.97 Å². The summed E-state index contributed by atoms with van der Waals surface area (Å²) in [7, 11) is 1.85. The van der Waals surface area contributed by atoms with Crippen molar-refractivity contribution in [3.63, 3.8) is 0 Å². The van der Waals surface area contributed by atoms with Crippen LogP contribution >= 0.6 is 0 Å². The SMILES string of the molecule is Cc1nc2ccnc3c2n1CCCN(C)C(=O)C1=NC[C@H](C1)Nc1cccc-3n1. The molecule has 29 heavy (non-hydrogen) atoms. The van der Waals surface area contributed by atoms with Gasteiger partial charge in [-0.05, 0) is 31.5 Å². The van der Waals surface area contributed by atoms with E-state index in [0.29, 0.717) is 25.2 Å². The molecule has 4 bridgehead atoms. The monoisotopic (exact) mass is 389 g/mol. The van der Waals surface area contributed by atoms with E-state index in [0.717, 1.165) is 47.0 Å². The van der Waals surface area contributed by atoms with Crippen molar-refractivity contribution >= 4 is 28.5 Å². The minimum absolute atomic E-state index is 0.0143. The molecular formula is C21H23N7O. The Bertz CT molecular complexity index is 1130. The van der Waals surface area contributed by atoms with Gasteiger partial charge in [-0.2, -0.15) is 0 Å². The van der Waals surface area contributed by atoms with Crippen LogP contribution in [-0.2, 0) is 11.3 Å². The first-order valence-electron chi connectivity index (χ1n) is 9.95. The van der Waals surface area contributed by atoms with Gasteiger partial charge >= 0.3 is 0 Å². The zero-order valence-electron chi connectivity index (χ0n) is 16.6. The summed E-state index contributed by atoms with van der Waals surface area (Å²) in [6.45, 7) is 4.01. The molecule has 0 saturated heterocycles. The maximum Gasteiger partial charge on any atom is 0.267 e. The molecule has 0 saturated carbocycles. The molecule has 1 amide bonds. The summed E-state index contributed by atoms with van der Waals surface area (Å²) in [6.07, 6.45) is 3.23. The van der Waals surface area contributed by atoms with Crippen LogP contribution in [-0.4, -0.2) is 62.2 Å². The smallest absolute Gasteiger partial charge is 0.267 e. The number of aryl methyl sites for hydroxylation is 2. The highest BCUT2D eigenvalue weighted by Gasteiger charge is 2.26. The number of amides is 1. The number of hydrogen-bond donors (Lipinski definition) is 1. The Morgan fingerprint density at radius 3 is 2.97 bits per heavy atom. The Labute approximate surface area is 168 Å². The molecule has 0 spiro atoms. The zero-order chi connectivity index (χ0) is 20.0. The number of rotatable bonds is 0. The Morgan fingerprint density at radius 1 is 1.17 bits per heavy atom. The van der Waals surface area contributed by atoms with Gasteiger partial charge in [0, 0.05) is 32.8 Å². The van der Waals surface area contributed by atoms with Crippen molar-refractivity contribution in [2.24, 2.45) is 4.99 Å². The third kappa shape index (κ3) is 3.14. The van der Waals surface area contributed by atoms with E-state index >= 15 is 0 Å². The number of anilines is 1. The van der Waals surface area contributed by atoms with Crippen LogP contribution in [0.5, 0.6) is 0 Å². The van der Waals surface area contributed by atoms with Gasteiger partial charge in [0.25, 0.3) is 5.91 Å². The lowest BCUT2D eigenvalue weighted by molar-refractivity contribution is -0.123. The Hall–Kier alpha value is -3.29. The summed E-state index contributed by atoms with van der Waals surface area (Å²) >= 11 is 0. The maximum atomic E-state index is 12.7. The van der Waals surface area contributed by atoms with E-state index in [9.17, 15) is 4.79 Å². The van der Waals surface area contributed by atoms with Crippen LogP contribution < -0.4 is 5.32 Å². The van der Waals surface area contributed by atoms with Crippen LogP contribution in [0.1, 0.15) is 18.7 Å². The minimum atomic E-state index is 0.0143. The highest BCUT2D eigenvalue weighted by atomic mass is 16.2. The predicted octanol–water partition coefficient (Wildman–Crippen LogP) is 2.29. The predicted molar refractivity (Wildman–Crippen MR) is 112 cm³/mol. The molecular weight excluding hydrogens is 366 g/mol. The van der Waals surface area contributed by atoms with Crippen LogP contribution in [0.15, 0.2) is 35.5 Å². The van der Waals surface area contributed by atoms with Crippen LogP contribution in [0, 0.1) is 6.92 Å². The molecule has 1 atom stereocenters.